The molecule has 0 amide bonds. The van der Waals surface area contributed by atoms with Gasteiger partial charge in [0.05, 0.1) is 0 Å². The van der Waals surface area contributed by atoms with Crippen LogP contribution in [0.25, 0.3) is 0 Å². The molecule has 0 heterocycles. The van der Waals surface area contributed by atoms with Crippen molar-refractivity contribution in [2.75, 3.05) is 0 Å². The fourth-order valence-corrected chi connectivity index (χ4v) is 9.55. The van der Waals surface area contributed by atoms with E-state index in [2.05, 4.69) is 34.6 Å². The van der Waals surface area contributed by atoms with Crippen LogP contribution in [0.4, 0.5) is 0 Å². The zero-order chi connectivity index (χ0) is 21.9. The maximum atomic E-state index is 11.4. The van der Waals surface area contributed by atoms with Crippen molar-refractivity contribution in [1.82, 2.24) is 0 Å². The van der Waals surface area contributed by atoms with Crippen LogP contribution in [0.15, 0.2) is 0 Å². The summed E-state index contributed by atoms with van der Waals surface area (Å²) in [6, 6.07) is 0. The largest absolute Gasteiger partial charge is 0.387 e. The Kier molecular flexibility index (Phi) is 6.17. The van der Waals surface area contributed by atoms with Crippen LogP contribution >= 0.6 is 0 Å². The Morgan fingerprint density at radius 1 is 0.867 bits per heavy atom. The third kappa shape index (κ3) is 3.41. The predicted octanol–water partition coefficient (Wildman–Crippen LogP) is 5.76. The summed E-state index contributed by atoms with van der Waals surface area (Å²) in [6.07, 6.45) is 12.5. The van der Waals surface area contributed by atoms with Crippen LogP contribution in [0.1, 0.15) is 105 Å². The number of hydrogen-bond acceptors (Lipinski definition) is 3. The molecule has 0 aromatic heterocycles. The summed E-state index contributed by atoms with van der Waals surface area (Å²) in [7, 11) is 0. The van der Waals surface area contributed by atoms with Crippen LogP contribution < -0.4 is 0 Å². The average molecular weight is 421 g/mol. The Hall–Kier alpha value is -0.120. The number of aliphatic hydroxyl groups excluding tert-OH is 1. The second-order valence-corrected chi connectivity index (χ2v) is 12.9. The Balaban J connectivity index is 1.60. The molecule has 0 saturated heterocycles. The number of hydrogen-bond donors (Lipinski definition) is 3. The van der Waals surface area contributed by atoms with Gasteiger partial charge in [0.25, 0.3) is 0 Å². The fourth-order valence-electron chi connectivity index (χ4n) is 9.55. The second-order valence-electron chi connectivity index (χ2n) is 12.9. The summed E-state index contributed by atoms with van der Waals surface area (Å²) in [5, 5.41) is 33.9. The Morgan fingerprint density at radius 2 is 1.60 bits per heavy atom. The Labute approximate surface area is 185 Å². The zero-order valence-electron chi connectivity index (χ0n) is 20.2. The molecule has 0 aliphatic heterocycles. The first-order valence-electron chi connectivity index (χ1n) is 13.2. The van der Waals surface area contributed by atoms with Crippen molar-refractivity contribution < 1.29 is 15.3 Å². The first kappa shape index (κ1) is 23.1. The van der Waals surface area contributed by atoms with Crippen LogP contribution in [0, 0.1) is 52.3 Å². The van der Waals surface area contributed by atoms with Crippen LogP contribution in [-0.2, 0) is 0 Å². The zero-order valence-corrected chi connectivity index (χ0v) is 20.2. The van der Waals surface area contributed by atoms with Crippen molar-refractivity contribution in [2.45, 2.75) is 117 Å². The molecule has 0 spiro atoms. The Morgan fingerprint density at radius 3 is 2.30 bits per heavy atom. The van der Waals surface area contributed by atoms with Crippen LogP contribution in [0.2, 0.25) is 0 Å². The molecule has 0 aromatic rings. The molecule has 4 saturated carbocycles. The highest BCUT2D eigenvalue weighted by atomic mass is 16.5. The maximum Gasteiger partial charge on any atom is 0.193 e. The van der Waals surface area contributed by atoms with Gasteiger partial charge in [-0.15, -0.1) is 0 Å². The van der Waals surface area contributed by atoms with E-state index in [9.17, 15) is 15.3 Å². The minimum atomic E-state index is -1.95. The monoisotopic (exact) mass is 420 g/mol. The molecule has 4 rings (SSSR count). The molecule has 3 nitrogen and oxygen atoms in total. The third-order valence-electron chi connectivity index (χ3n) is 10.8. The summed E-state index contributed by atoms with van der Waals surface area (Å²) in [5.41, 5.74) is 0.232. The maximum absolute atomic E-state index is 11.4. The van der Waals surface area contributed by atoms with E-state index in [1.165, 1.54) is 51.4 Å². The molecule has 2 unspecified atom stereocenters. The molecule has 30 heavy (non-hydrogen) atoms. The summed E-state index contributed by atoms with van der Waals surface area (Å²) in [6.45, 7) is 11.6. The lowest BCUT2D eigenvalue weighted by molar-refractivity contribution is -0.252. The SMILES string of the molecule is CC(C)CCC[C@@H](C)[C@H]1C(O)(O)C(O)[C@H]2[C@@H]3CCC4CCCC[C@]4(C)[C@H]3CC[C@@]21C. The lowest BCUT2D eigenvalue weighted by atomic mass is 9.44. The van der Waals surface area contributed by atoms with Gasteiger partial charge in [0.15, 0.2) is 5.79 Å². The van der Waals surface area contributed by atoms with Crippen molar-refractivity contribution in [3.05, 3.63) is 0 Å². The molecule has 4 fully saturated rings. The van der Waals surface area contributed by atoms with Gasteiger partial charge in [-0.2, -0.15) is 0 Å². The van der Waals surface area contributed by atoms with Crippen LogP contribution in [0.5, 0.6) is 0 Å². The topological polar surface area (TPSA) is 60.7 Å². The molecule has 4 aliphatic carbocycles. The minimum absolute atomic E-state index is 0.0310. The summed E-state index contributed by atoms with van der Waals surface area (Å²) in [4.78, 5) is 0. The number of rotatable bonds is 5. The van der Waals surface area contributed by atoms with Crippen LogP contribution in [0.3, 0.4) is 0 Å². The Bertz CT molecular complexity index is 615. The second kappa shape index (κ2) is 8.03. The van der Waals surface area contributed by atoms with Gasteiger partial charge < -0.3 is 15.3 Å². The van der Waals surface area contributed by atoms with E-state index in [4.69, 9.17) is 0 Å². The van der Waals surface area contributed by atoms with E-state index in [1.54, 1.807) is 0 Å². The van der Waals surface area contributed by atoms with Gasteiger partial charge >= 0.3 is 0 Å². The van der Waals surface area contributed by atoms with E-state index < -0.39 is 11.9 Å². The van der Waals surface area contributed by atoms with E-state index in [0.29, 0.717) is 23.2 Å². The normalized spacial score (nSPS) is 48.7. The van der Waals surface area contributed by atoms with Gasteiger partial charge in [0.2, 0.25) is 0 Å². The van der Waals surface area contributed by atoms with Gasteiger partial charge in [-0.25, -0.2) is 0 Å². The van der Waals surface area contributed by atoms with Crippen molar-refractivity contribution >= 4 is 0 Å². The lowest BCUT2D eigenvalue weighted by Crippen LogP contribution is -2.54. The average Bonchev–Trinajstić information content (AvgIpc) is 2.82. The van der Waals surface area contributed by atoms with Crippen molar-refractivity contribution in [3.63, 3.8) is 0 Å². The molecule has 0 radical (unpaired) electrons. The van der Waals surface area contributed by atoms with Gasteiger partial charge in [-0.1, -0.05) is 66.7 Å². The smallest absolute Gasteiger partial charge is 0.193 e. The van der Waals surface area contributed by atoms with E-state index in [1.807, 2.05) is 0 Å². The molecular formula is C27H48O3. The first-order chi connectivity index (χ1) is 14.0. The quantitative estimate of drug-likeness (QED) is 0.496. The van der Waals surface area contributed by atoms with Gasteiger partial charge in [0.1, 0.15) is 6.10 Å². The molecular weight excluding hydrogens is 372 g/mol. The standard InChI is InChI=1S/C27H48O3/c1-17(2)9-8-10-18(3)23-26(5)16-14-21-20(22(26)24(28)27(23,29)30)13-12-19-11-6-7-15-25(19,21)4/h17-24,28-30H,6-16H2,1-5H3/t18-,19?,20-,21+,22-,23-,24?,25+,26+/m1/s1. The van der Waals surface area contributed by atoms with Gasteiger partial charge in [-0.05, 0) is 84.9 Å². The molecule has 0 aromatic carbocycles. The molecule has 9 atom stereocenters. The molecule has 174 valence electrons. The summed E-state index contributed by atoms with van der Waals surface area (Å²) >= 11 is 0. The van der Waals surface area contributed by atoms with Gasteiger partial charge in [0, 0.05) is 5.92 Å². The van der Waals surface area contributed by atoms with Crippen molar-refractivity contribution in [3.8, 4) is 0 Å². The highest BCUT2D eigenvalue weighted by Crippen LogP contribution is 2.69. The van der Waals surface area contributed by atoms with Crippen molar-refractivity contribution in [2.24, 2.45) is 52.3 Å². The number of fused-ring (bicyclic) bond motifs is 5. The number of aliphatic hydroxyl groups is 3. The minimum Gasteiger partial charge on any atom is -0.387 e. The predicted molar refractivity (Wildman–Crippen MR) is 122 cm³/mol. The van der Waals surface area contributed by atoms with E-state index in [0.717, 1.165) is 25.2 Å². The summed E-state index contributed by atoms with van der Waals surface area (Å²) in [5.74, 6) is 0.703. The van der Waals surface area contributed by atoms with Crippen molar-refractivity contribution in [1.29, 1.82) is 0 Å². The molecule has 4 aliphatic rings. The summed E-state index contributed by atoms with van der Waals surface area (Å²) < 4.78 is 0. The molecule has 0 bridgehead atoms. The first-order valence-corrected chi connectivity index (χ1v) is 13.2. The highest BCUT2D eigenvalue weighted by molar-refractivity contribution is 5.16. The fraction of sp³-hybridized carbons (Fsp3) is 1.00. The van der Waals surface area contributed by atoms with Crippen LogP contribution in [-0.4, -0.2) is 27.2 Å². The molecule has 3 N–H and O–H groups in total. The third-order valence-corrected chi connectivity index (χ3v) is 10.8. The highest BCUT2D eigenvalue weighted by Gasteiger charge is 2.70. The van der Waals surface area contributed by atoms with Gasteiger partial charge in [-0.3, -0.25) is 0 Å². The van der Waals surface area contributed by atoms with E-state index in [-0.39, 0.29) is 23.2 Å². The van der Waals surface area contributed by atoms with E-state index >= 15 is 0 Å². The molecule has 3 heteroatoms. The lowest BCUT2D eigenvalue weighted by Gasteiger charge is -2.60.